The molecule has 1 aliphatic heterocycles. The molecule has 1 fully saturated rings. The predicted molar refractivity (Wildman–Crippen MR) is 83.5 cm³/mol. The second kappa shape index (κ2) is 7.81. The Hall–Kier alpha value is -0.660. The Morgan fingerprint density at radius 2 is 2.00 bits per heavy atom. The minimum Gasteiger partial charge on any atom is -0.463 e. The summed E-state index contributed by atoms with van der Waals surface area (Å²) in [6.07, 6.45) is 0. The van der Waals surface area contributed by atoms with Crippen LogP contribution in [0, 0.1) is 0 Å². The van der Waals surface area contributed by atoms with E-state index in [-0.39, 0.29) is 9.89 Å². The number of rotatable bonds is 5. The van der Waals surface area contributed by atoms with Crippen molar-refractivity contribution >= 4 is 28.6 Å². The Morgan fingerprint density at radius 3 is 2.68 bits per heavy atom. The maximum atomic E-state index is 11.9. The fourth-order valence-electron chi connectivity index (χ4n) is 2.04. The largest absolute Gasteiger partial charge is 0.463 e. The SMILES string of the molecule is O=C(OCCN1CCNCC1)C(I)c1ccccc1. The number of hydrogen-bond donors (Lipinski definition) is 1. The summed E-state index contributed by atoms with van der Waals surface area (Å²) in [6.45, 7) is 5.41. The number of nitrogens with one attached hydrogen (secondary N) is 1. The average molecular weight is 374 g/mol. The lowest BCUT2D eigenvalue weighted by Gasteiger charge is -2.26. The highest BCUT2D eigenvalue weighted by Gasteiger charge is 2.18. The summed E-state index contributed by atoms with van der Waals surface area (Å²) in [4.78, 5) is 14.2. The van der Waals surface area contributed by atoms with Crippen molar-refractivity contribution in [1.82, 2.24) is 10.2 Å². The van der Waals surface area contributed by atoms with Gasteiger partial charge in [-0.3, -0.25) is 9.69 Å². The van der Waals surface area contributed by atoms with E-state index >= 15 is 0 Å². The average Bonchev–Trinajstić information content (AvgIpc) is 2.48. The molecule has 0 saturated carbocycles. The molecule has 104 valence electrons. The quantitative estimate of drug-likeness (QED) is 0.483. The molecule has 0 bridgehead atoms. The molecule has 1 saturated heterocycles. The van der Waals surface area contributed by atoms with E-state index in [0.717, 1.165) is 38.3 Å². The molecular formula is C14H19IN2O2. The number of carbonyl (C=O) groups is 1. The Morgan fingerprint density at radius 1 is 1.32 bits per heavy atom. The van der Waals surface area contributed by atoms with E-state index < -0.39 is 0 Å². The van der Waals surface area contributed by atoms with E-state index in [1.165, 1.54) is 0 Å². The van der Waals surface area contributed by atoms with Crippen LogP contribution in [0.2, 0.25) is 0 Å². The Kier molecular flexibility index (Phi) is 6.06. The molecule has 4 nitrogen and oxygen atoms in total. The van der Waals surface area contributed by atoms with Crippen molar-refractivity contribution in [2.24, 2.45) is 0 Å². The highest BCUT2D eigenvalue weighted by atomic mass is 127. The zero-order valence-corrected chi connectivity index (χ0v) is 13.0. The van der Waals surface area contributed by atoms with Crippen LogP contribution in [0.25, 0.3) is 0 Å². The minimum absolute atomic E-state index is 0.151. The highest BCUT2D eigenvalue weighted by Crippen LogP contribution is 2.24. The van der Waals surface area contributed by atoms with Gasteiger partial charge >= 0.3 is 5.97 Å². The maximum absolute atomic E-state index is 11.9. The summed E-state index contributed by atoms with van der Waals surface area (Å²) >= 11 is 2.13. The Balaban J connectivity index is 1.72. The molecule has 1 N–H and O–H groups in total. The van der Waals surface area contributed by atoms with Crippen molar-refractivity contribution in [3.05, 3.63) is 35.9 Å². The number of nitrogens with zero attached hydrogens (tertiary/aromatic N) is 1. The summed E-state index contributed by atoms with van der Waals surface area (Å²) in [5.74, 6) is -0.151. The predicted octanol–water partition coefficient (Wildman–Crippen LogP) is 1.61. The first kappa shape index (κ1) is 14.7. The molecule has 1 heterocycles. The molecule has 1 aromatic rings. The molecule has 1 aliphatic rings. The normalized spacial score (nSPS) is 17.9. The van der Waals surface area contributed by atoms with Gasteiger partial charge in [-0.15, -0.1) is 0 Å². The fraction of sp³-hybridized carbons (Fsp3) is 0.500. The molecule has 0 radical (unpaired) electrons. The summed E-state index contributed by atoms with van der Waals surface area (Å²) in [5, 5.41) is 3.30. The van der Waals surface area contributed by atoms with Crippen LogP contribution in [0.5, 0.6) is 0 Å². The maximum Gasteiger partial charge on any atom is 0.323 e. The third-order valence-electron chi connectivity index (χ3n) is 3.16. The molecule has 1 atom stereocenters. The van der Waals surface area contributed by atoms with E-state index in [1.54, 1.807) is 0 Å². The summed E-state index contributed by atoms with van der Waals surface area (Å²) in [7, 11) is 0. The summed E-state index contributed by atoms with van der Waals surface area (Å²) in [6, 6.07) is 9.73. The van der Waals surface area contributed by atoms with Crippen LogP contribution in [0.4, 0.5) is 0 Å². The van der Waals surface area contributed by atoms with Crippen LogP contribution in [0.15, 0.2) is 30.3 Å². The zero-order chi connectivity index (χ0) is 13.5. The lowest BCUT2D eigenvalue weighted by atomic mass is 10.2. The Labute approximate surface area is 127 Å². The van der Waals surface area contributed by atoms with Crippen LogP contribution >= 0.6 is 22.6 Å². The molecule has 19 heavy (non-hydrogen) atoms. The first-order chi connectivity index (χ1) is 9.27. The second-order valence-corrected chi connectivity index (χ2v) is 5.78. The molecule has 2 rings (SSSR count). The number of alkyl halides is 1. The van der Waals surface area contributed by atoms with Gasteiger partial charge in [0.1, 0.15) is 10.5 Å². The van der Waals surface area contributed by atoms with E-state index in [1.807, 2.05) is 30.3 Å². The van der Waals surface area contributed by atoms with Gasteiger partial charge in [-0.1, -0.05) is 52.9 Å². The standard InChI is InChI=1S/C14H19IN2O2/c15-13(12-4-2-1-3-5-12)14(18)19-11-10-17-8-6-16-7-9-17/h1-5,13,16H,6-11H2. The van der Waals surface area contributed by atoms with Gasteiger partial charge in [0.25, 0.3) is 0 Å². The lowest BCUT2D eigenvalue weighted by molar-refractivity contribution is -0.143. The number of carbonyl (C=O) groups excluding carboxylic acids is 1. The zero-order valence-electron chi connectivity index (χ0n) is 10.8. The first-order valence-corrected chi connectivity index (χ1v) is 7.80. The molecule has 0 spiro atoms. The third kappa shape index (κ3) is 4.74. The topological polar surface area (TPSA) is 41.6 Å². The van der Waals surface area contributed by atoms with Gasteiger partial charge in [-0.25, -0.2) is 0 Å². The molecule has 5 heteroatoms. The first-order valence-electron chi connectivity index (χ1n) is 6.56. The van der Waals surface area contributed by atoms with Crippen LogP contribution in [0.1, 0.15) is 9.49 Å². The molecular weight excluding hydrogens is 355 g/mol. The highest BCUT2D eigenvalue weighted by molar-refractivity contribution is 14.1. The van der Waals surface area contributed by atoms with E-state index in [4.69, 9.17) is 4.74 Å². The van der Waals surface area contributed by atoms with Gasteiger partial charge < -0.3 is 10.1 Å². The Bertz CT molecular complexity index is 394. The smallest absolute Gasteiger partial charge is 0.323 e. The lowest BCUT2D eigenvalue weighted by Crippen LogP contribution is -2.44. The van der Waals surface area contributed by atoms with E-state index in [2.05, 4.69) is 32.8 Å². The number of ether oxygens (including phenoxy) is 1. The van der Waals surface area contributed by atoms with Gasteiger partial charge in [0.05, 0.1) is 0 Å². The second-order valence-electron chi connectivity index (χ2n) is 4.53. The van der Waals surface area contributed by atoms with E-state index in [0.29, 0.717) is 6.61 Å². The van der Waals surface area contributed by atoms with Gasteiger partial charge in [0, 0.05) is 32.7 Å². The molecule has 0 aromatic heterocycles. The minimum atomic E-state index is -0.221. The molecule has 0 aliphatic carbocycles. The fourth-order valence-corrected chi connectivity index (χ4v) is 2.64. The van der Waals surface area contributed by atoms with Gasteiger partial charge in [0.15, 0.2) is 0 Å². The number of hydrogen-bond acceptors (Lipinski definition) is 4. The molecule has 0 amide bonds. The number of piperazine rings is 1. The van der Waals surface area contributed by atoms with Crippen molar-refractivity contribution in [1.29, 1.82) is 0 Å². The van der Waals surface area contributed by atoms with Crippen molar-refractivity contribution in [2.75, 3.05) is 39.3 Å². The number of esters is 1. The van der Waals surface area contributed by atoms with Crippen LogP contribution in [-0.2, 0) is 9.53 Å². The van der Waals surface area contributed by atoms with E-state index in [9.17, 15) is 4.79 Å². The summed E-state index contributed by atoms with van der Waals surface area (Å²) < 4.78 is 5.13. The molecule has 1 aromatic carbocycles. The van der Waals surface area contributed by atoms with Gasteiger partial charge in [0.2, 0.25) is 0 Å². The van der Waals surface area contributed by atoms with Gasteiger partial charge in [-0.05, 0) is 5.56 Å². The van der Waals surface area contributed by atoms with Crippen molar-refractivity contribution in [3.63, 3.8) is 0 Å². The van der Waals surface area contributed by atoms with Crippen LogP contribution in [0.3, 0.4) is 0 Å². The monoisotopic (exact) mass is 374 g/mol. The number of benzene rings is 1. The number of halogens is 1. The third-order valence-corrected chi connectivity index (χ3v) is 4.39. The molecule has 1 unspecified atom stereocenters. The van der Waals surface area contributed by atoms with Crippen molar-refractivity contribution in [3.8, 4) is 0 Å². The van der Waals surface area contributed by atoms with Gasteiger partial charge in [-0.2, -0.15) is 0 Å². The summed E-state index contributed by atoms with van der Waals surface area (Å²) in [5.41, 5.74) is 0.996. The van der Waals surface area contributed by atoms with Crippen LogP contribution < -0.4 is 5.32 Å². The van der Waals surface area contributed by atoms with Crippen LogP contribution in [-0.4, -0.2) is 50.2 Å². The van der Waals surface area contributed by atoms with Crippen molar-refractivity contribution in [2.45, 2.75) is 3.92 Å². The van der Waals surface area contributed by atoms with Crippen molar-refractivity contribution < 1.29 is 9.53 Å².